The summed E-state index contributed by atoms with van der Waals surface area (Å²) in [5, 5.41) is 1.07. The third kappa shape index (κ3) is 3.72. The molecule has 9 heteroatoms. The summed E-state index contributed by atoms with van der Waals surface area (Å²) in [5.74, 6) is 0.865. The molecule has 164 valence electrons. The van der Waals surface area contributed by atoms with Gasteiger partial charge >= 0.3 is 0 Å². The van der Waals surface area contributed by atoms with Crippen LogP contribution in [0.3, 0.4) is 0 Å². The van der Waals surface area contributed by atoms with Crippen LogP contribution in [0.5, 0.6) is 0 Å². The van der Waals surface area contributed by atoms with Crippen LogP contribution in [-0.2, 0) is 18.3 Å². The maximum atomic E-state index is 12.9. The van der Waals surface area contributed by atoms with Gasteiger partial charge in [0.25, 0.3) is 11.1 Å². The zero-order valence-electron chi connectivity index (χ0n) is 17.6. The number of nitrogens with zero attached hydrogens (tertiary/aromatic N) is 5. The molecule has 3 aromatic heterocycles. The molecule has 1 fully saturated rings. The number of hydrogen-bond acceptors (Lipinski definition) is 5. The minimum atomic E-state index is -0.204. The first-order valence-electron chi connectivity index (χ1n) is 10.4. The molecule has 1 saturated heterocycles. The van der Waals surface area contributed by atoms with Crippen LogP contribution < -0.4 is 16.0 Å². The molecule has 0 saturated carbocycles. The fraction of sp³-hybridized carbons (Fsp3) is 0.261. The summed E-state index contributed by atoms with van der Waals surface area (Å²) in [6, 6.07) is 14.4. The van der Waals surface area contributed by atoms with E-state index in [0.29, 0.717) is 29.1 Å². The molecule has 0 unspecified atom stereocenters. The summed E-state index contributed by atoms with van der Waals surface area (Å²) in [7, 11) is 1.68. The van der Waals surface area contributed by atoms with Crippen LogP contribution in [0.15, 0.2) is 64.3 Å². The molecule has 0 radical (unpaired) electrons. The molecule has 0 spiro atoms. The number of halogens is 1. The highest BCUT2D eigenvalue weighted by Gasteiger charge is 2.16. The van der Waals surface area contributed by atoms with Gasteiger partial charge in [-0.2, -0.15) is 0 Å². The second-order valence-electron chi connectivity index (χ2n) is 7.74. The first-order chi connectivity index (χ1) is 15.5. The van der Waals surface area contributed by atoms with E-state index in [4.69, 9.17) is 21.3 Å². The predicted octanol–water partition coefficient (Wildman–Crippen LogP) is 2.42. The molecule has 0 aliphatic carbocycles. The summed E-state index contributed by atoms with van der Waals surface area (Å²) in [6.45, 7) is 3.21. The van der Waals surface area contributed by atoms with Crippen LogP contribution in [0.2, 0.25) is 5.02 Å². The van der Waals surface area contributed by atoms with E-state index < -0.39 is 0 Å². The Hall–Kier alpha value is -3.36. The molecular formula is C23H22ClN5O3. The summed E-state index contributed by atoms with van der Waals surface area (Å²) in [5.41, 5.74) is 1.67. The highest BCUT2D eigenvalue weighted by atomic mass is 35.5. The molecule has 0 N–H and O–H groups in total. The summed E-state index contributed by atoms with van der Waals surface area (Å²) >= 11 is 6.00. The first-order valence-corrected chi connectivity index (χ1v) is 10.8. The number of fused-ring (bicyclic) bond motifs is 1. The second kappa shape index (κ2) is 8.29. The molecule has 1 aliphatic heterocycles. The molecule has 8 nitrogen and oxygen atoms in total. The highest BCUT2D eigenvalue weighted by molar-refractivity contribution is 6.30. The Morgan fingerprint density at radius 1 is 1.06 bits per heavy atom. The Balaban J connectivity index is 1.53. The smallest absolute Gasteiger partial charge is 0.276 e. The lowest BCUT2D eigenvalue weighted by Crippen LogP contribution is -2.36. The van der Waals surface area contributed by atoms with Gasteiger partial charge in [0.15, 0.2) is 0 Å². The minimum Gasteiger partial charge on any atom is -0.378 e. The SMILES string of the molecule is Cn1c(=O)c2cn(Cc3cccc(N4CCOCC4)n3)c(=O)cc2n1-c1ccc(Cl)cc1. The fourth-order valence-electron chi connectivity index (χ4n) is 4.05. The molecule has 0 bridgehead atoms. The van der Waals surface area contributed by atoms with E-state index in [-0.39, 0.29) is 17.7 Å². The number of hydrogen-bond donors (Lipinski definition) is 0. The molecule has 4 aromatic rings. The first kappa shape index (κ1) is 20.5. The van der Waals surface area contributed by atoms with Crippen molar-refractivity contribution in [3.63, 3.8) is 0 Å². The molecule has 0 amide bonds. The molecule has 5 rings (SSSR count). The average molecular weight is 452 g/mol. The lowest BCUT2D eigenvalue weighted by Gasteiger charge is -2.28. The Bertz CT molecular complexity index is 1400. The van der Waals surface area contributed by atoms with E-state index in [1.165, 1.54) is 15.3 Å². The van der Waals surface area contributed by atoms with Crippen molar-refractivity contribution in [1.29, 1.82) is 0 Å². The van der Waals surface area contributed by atoms with Crippen molar-refractivity contribution in [3.05, 3.63) is 86.2 Å². The lowest BCUT2D eigenvalue weighted by atomic mass is 10.2. The van der Waals surface area contributed by atoms with Gasteiger partial charge in [-0.25, -0.2) is 9.67 Å². The van der Waals surface area contributed by atoms with Gasteiger partial charge in [-0.15, -0.1) is 0 Å². The van der Waals surface area contributed by atoms with Crippen molar-refractivity contribution in [3.8, 4) is 5.69 Å². The monoisotopic (exact) mass is 451 g/mol. The van der Waals surface area contributed by atoms with Crippen LogP contribution in [0, 0.1) is 0 Å². The van der Waals surface area contributed by atoms with Crippen molar-refractivity contribution in [2.45, 2.75) is 6.54 Å². The third-order valence-corrected chi connectivity index (χ3v) is 5.94. The number of morpholine rings is 1. The van der Waals surface area contributed by atoms with Crippen LogP contribution >= 0.6 is 11.6 Å². The van der Waals surface area contributed by atoms with E-state index in [1.54, 1.807) is 30.1 Å². The van der Waals surface area contributed by atoms with Crippen LogP contribution in [0.25, 0.3) is 16.6 Å². The van der Waals surface area contributed by atoms with Gasteiger partial charge in [0.05, 0.1) is 42.0 Å². The number of anilines is 1. The van der Waals surface area contributed by atoms with Gasteiger partial charge in [0, 0.05) is 37.4 Å². The van der Waals surface area contributed by atoms with Crippen molar-refractivity contribution in [2.75, 3.05) is 31.2 Å². The number of rotatable bonds is 4. The van der Waals surface area contributed by atoms with Gasteiger partial charge in [0.2, 0.25) is 0 Å². The van der Waals surface area contributed by atoms with E-state index in [9.17, 15) is 9.59 Å². The van der Waals surface area contributed by atoms with E-state index in [1.807, 2.05) is 30.3 Å². The maximum absolute atomic E-state index is 12.9. The normalized spacial score (nSPS) is 14.2. The van der Waals surface area contributed by atoms with E-state index in [0.717, 1.165) is 30.3 Å². The topological polar surface area (TPSA) is 74.3 Å². The Morgan fingerprint density at radius 3 is 2.56 bits per heavy atom. The van der Waals surface area contributed by atoms with Crippen molar-refractivity contribution >= 4 is 28.3 Å². The van der Waals surface area contributed by atoms with Gasteiger partial charge in [-0.05, 0) is 36.4 Å². The number of pyridine rings is 2. The average Bonchev–Trinajstić information content (AvgIpc) is 3.05. The Kier molecular flexibility index (Phi) is 5.32. The van der Waals surface area contributed by atoms with Crippen molar-refractivity contribution < 1.29 is 4.74 Å². The second-order valence-corrected chi connectivity index (χ2v) is 8.18. The zero-order valence-corrected chi connectivity index (χ0v) is 18.3. The molecule has 1 aromatic carbocycles. The predicted molar refractivity (Wildman–Crippen MR) is 124 cm³/mol. The third-order valence-electron chi connectivity index (χ3n) is 5.69. The number of ether oxygens (including phenoxy) is 1. The van der Waals surface area contributed by atoms with E-state index in [2.05, 4.69) is 4.90 Å². The quantitative estimate of drug-likeness (QED) is 0.476. The maximum Gasteiger partial charge on any atom is 0.276 e. The van der Waals surface area contributed by atoms with Crippen LogP contribution in [-0.4, -0.2) is 45.2 Å². The molecule has 1 aliphatic rings. The summed E-state index contributed by atoms with van der Waals surface area (Å²) < 4.78 is 10.2. The lowest BCUT2D eigenvalue weighted by molar-refractivity contribution is 0.122. The van der Waals surface area contributed by atoms with Crippen LogP contribution in [0.1, 0.15) is 5.69 Å². The molecular weight excluding hydrogens is 430 g/mol. The molecule has 32 heavy (non-hydrogen) atoms. The fourth-order valence-corrected chi connectivity index (χ4v) is 4.17. The summed E-state index contributed by atoms with van der Waals surface area (Å²) in [4.78, 5) is 32.8. The standard InChI is InChI=1S/C23H22ClN5O3/c1-26-23(31)19-15-28(14-17-3-2-4-21(25-17)27-9-11-32-12-10-27)22(30)13-20(19)29(26)18-7-5-16(24)6-8-18/h2-8,13,15H,9-12,14H2,1H3. The van der Waals surface area contributed by atoms with Crippen molar-refractivity contribution in [1.82, 2.24) is 18.9 Å². The molecule has 4 heterocycles. The van der Waals surface area contributed by atoms with Crippen molar-refractivity contribution in [2.24, 2.45) is 7.05 Å². The number of benzene rings is 1. The van der Waals surface area contributed by atoms with Gasteiger partial charge < -0.3 is 14.2 Å². The Morgan fingerprint density at radius 2 is 1.81 bits per heavy atom. The van der Waals surface area contributed by atoms with Crippen LogP contribution in [0.4, 0.5) is 5.82 Å². The van der Waals surface area contributed by atoms with Gasteiger partial charge in [0.1, 0.15) is 5.82 Å². The Labute approximate surface area is 188 Å². The largest absolute Gasteiger partial charge is 0.378 e. The van der Waals surface area contributed by atoms with Gasteiger partial charge in [-0.1, -0.05) is 17.7 Å². The minimum absolute atomic E-state index is 0.182. The zero-order chi connectivity index (χ0) is 22.2. The molecule has 0 atom stereocenters. The van der Waals surface area contributed by atoms with E-state index >= 15 is 0 Å². The number of aromatic nitrogens is 4. The summed E-state index contributed by atoms with van der Waals surface area (Å²) in [6.07, 6.45) is 1.62. The van der Waals surface area contributed by atoms with Gasteiger partial charge in [-0.3, -0.25) is 14.3 Å². The highest BCUT2D eigenvalue weighted by Crippen LogP contribution is 2.19.